The Labute approximate surface area is 148 Å². The van der Waals surface area contributed by atoms with Gasteiger partial charge in [-0.15, -0.1) is 0 Å². The molecule has 2 heterocycles. The second-order valence-corrected chi connectivity index (χ2v) is 6.28. The minimum atomic E-state index is -4.46. The minimum absolute atomic E-state index is 0.0687. The van der Waals surface area contributed by atoms with Gasteiger partial charge in [0.1, 0.15) is 5.82 Å². The molecule has 1 aliphatic rings. The van der Waals surface area contributed by atoms with E-state index in [9.17, 15) is 13.2 Å². The molecule has 25 heavy (non-hydrogen) atoms. The van der Waals surface area contributed by atoms with Gasteiger partial charge in [-0.2, -0.15) is 18.2 Å². The van der Waals surface area contributed by atoms with E-state index in [0.717, 1.165) is 24.2 Å². The lowest BCUT2D eigenvalue weighted by molar-refractivity contribution is -0.140. The van der Waals surface area contributed by atoms with Crippen LogP contribution in [0.5, 0.6) is 0 Å². The van der Waals surface area contributed by atoms with Crippen LogP contribution < -0.4 is 5.32 Å². The third kappa shape index (κ3) is 4.23. The lowest BCUT2D eigenvalue weighted by Crippen LogP contribution is -2.22. The number of halogens is 4. The molecule has 1 N–H and O–H groups in total. The molecule has 4 nitrogen and oxygen atoms in total. The Morgan fingerprint density at radius 2 is 2.04 bits per heavy atom. The molecule has 1 aliphatic heterocycles. The van der Waals surface area contributed by atoms with Crippen molar-refractivity contribution in [3.63, 3.8) is 0 Å². The zero-order chi connectivity index (χ0) is 18.0. The van der Waals surface area contributed by atoms with Crippen LogP contribution in [0, 0.1) is 0 Å². The van der Waals surface area contributed by atoms with Crippen LogP contribution >= 0.6 is 11.6 Å². The molecule has 134 valence electrons. The highest BCUT2D eigenvalue weighted by Gasteiger charge is 2.33. The van der Waals surface area contributed by atoms with Crippen molar-refractivity contribution in [2.45, 2.75) is 24.7 Å². The van der Waals surface area contributed by atoms with Crippen LogP contribution in [0.4, 0.5) is 19.0 Å². The molecular formula is C17H17ClF3N3O. The van der Waals surface area contributed by atoms with E-state index in [4.69, 9.17) is 16.4 Å². The van der Waals surface area contributed by atoms with Crippen LogP contribution in [0.25, 0.3) is 0 Å². The number of rotatable bonds is 4. The first-order valence-corrected chi connectivity index (χ1v) is 8.13. The van der Waals surface area contributed by atoms with Gasteiger partial charge >= 0.3 is 6.18 Å². The fraction of sp³-hybridized carbons (Fsp3) is 0.353. The number of hydroxylamine groups is 2. The summed E-state index contributed by atoms with van der Waals surface area (Å²) in [6.07, 6.45) is -3.07. The van der Waals surface area contributed by atoms with Crippen LogP contribution in [0.3, 0.4) is 0 Å². The molecule has 1 aromatic heterocycles. The topological polar surface area (TPSA) is 37.4 Å². The molecule has 2 aromatic rings. The molecule has 1 aromatic carbocycles. The van der Waals surface area contributed by atoms with Gasteiger partial charge in [0, 0.05) is 19.8 Å². The van der Waals surface area contributed by atoms with Gasteiger partial charge in [0.2, 0.25) is 0 Å². The number of aromatic nitrogens is 1. The maximum absolute atomic E-state index is 12.6. The first-order valence-electron chi connectivity index (χ1n) is 7.76. The molecule has 1 saturated heterocycles. The number of nitrogens with zero attached hydrogens (tertiary/aromatic N) is 2. The highest BCUT2D eigenvalue weighted by Crippen LogP contribution is 2.34. The summed E-state index contributed by atoms with van der Waals surface area (Å²) in [4.78, 5) is 9.56. The van der Waals surface area contributed by atoms with Crippen molar-refractivity contribution < 1.29 is 18.0 Å². The van der Waals surface area contributed by atoms with Crippen molar-refractivity contribution in [3.8, 4) is 0 Å². The Morgan fingerprint density at radius 1 is 1.32 bits per heavy atom. The Bertz CT molecular complexity index is 727. The average Bonchev–Trinajstić information content (AvgIpc) is 2.94. The number of anilines is 1. The highest BCUT2D eigenvalue weighted by atomic mass is 35.5. The summed E-state index contributed by atoms with van der Waals surface area (Å²) in [5.74, 6) is 0.212. The molecule has 2 atom stereocenters. The SMILES string of the molecule is CN1O[C@@H](CNc2ncc(C(F)(F)F)cc2Cl)C[C@@H]1c1ccccc1. The third-order valence-corrected chi connectivity index (χ3v) is 4.38. The molecule has 0 aliphatic carbocycles. The van der Waals surface area contributed by atoms with Crippen LogP contribution in [0.15, 0.2) is 42.6 Å². The first kappa shape index (κ1) is 18.0. The van der Waals surface area contributed by atoms with E-state index in [2.05, 4.69) is 10.3 Å². The summed E-state index contributed by atoms with van der Waals surface area (Å²) in [5.41, 5.74) is 0.280. The molecule has 3 rings (SSSR count). The summed E-state index contributed by atoms with van der Waals surface area (Å²) in [6, 6.07) is 11.0. The molecular weight excluding hydrogens is 355 g/mol. The lowest BCUT2D eigenvalue weighted by atomic mass is 10.0. The summed E-state index contributed by atoms with van der Waals surface area (Å²) >= 11 is 5.90. The molecule has 0 radical (unpaired) electrons. The van der Waals surface area contributed by atoms with Gasteiger partial charge in [-0.05, 0) is 18.1 Å². The van der Waals surface area contributed by atoms with E-state index in [-0.39, 0.29) is 23.0 Å². The second kappa shape index (κ2) is 7.19. The van der Waals surface area contributed by atoms with Gasteiger partial charge in [-0.3, -0.25) is 4.84 Å². The van der Waals surface area contributed by atoms with Gasteiger partial charge in [0.05, 0.1) is 22.7 Å². The fourth-order valence-corrected chi connectivity index (χ4v) is 3.06. The van der Waals surface area contributed by atoms with Crippen LogP contribution in [-0.2, 0) is 11.0 Å². The molecule has 0 spiro atoms. The van der Waals surface area contributed by atoms with E-state index in [0.29, 0.717) is 6.54 Å². The van der Waals surface area contributed by atoms with Gasteiger partial charge in [0.25, 0.3) is 0 Å². The Balaban J connectivity index is 1.61. The Morgan fingerprint density at radius 3 is 2.68 bits per heavy atom. The Kier molecular flexibility index (Phi) is 5.17. The van der Waals surface area contributed by atoms with Crippen molar-refractivity contribution in [1.82, 2.24) is 10.0 Å². The zero-order valence-electron chi connectivity index (χ0n) is 13.4. The number of pyridine rings is 1. The molecule has 0 amide bonds. The van der Waals surface area contributed by atoms with Gasteiger partial charge in [0.15, 0.2) is 0 Å². The van der Waals surface area contributed by atoms with E-state index in [1.54, 1.807) is 5.06 Å². The number of nitrogens with one attached hydrogen (secondary N) is 1. The molecule has 0 bridgehead atoms. The number of hydrogen-bond donors (Lipinski definition) is 1. The zero-order valence-corrected chi connectivity index (χ0v) is 14.2. The van der Waals surface area contributed by atoms with Crippen molar-refractivity contribution in [3.05, 3.63) is 58.7 Å². The fourth-order valence-electron chi connectivity index (χ4n) is 2.82. The monoisotopic (exact) mass is 371 g/mol. The molecule has 1 fully saturated rings. The van der Waals surface area contributed by atoms with Crippen LogP contribution in [0.1, 0.15) is 23.6 Å². The van der Waals surface area contributed by atoms with Gasteiger partial charge in [-0.25, -0.2) is 4.98 Å². The lowest BCUT2D eigenvalue weighted by Gasteiger charge is -2.17. The standard InChI is InChI=1S/C17H17ClF3N3O/c1-24-15(11-5-3-2-4-6-11)8-13(25-24)10-23-16-14(18)7-12(9-22-16)17(19,20)21/h2-7,9,13,15H,8,10H2,1H3,(H,22,23)/t13-,15-/m1/s1. The van der Waals surface area contributed by atoms with Crippen LogP contribution in [-0.4, -0.2) is 29.7 Å². The van der Waals surface area contributed by atoms with E-state index < -0.39 is 11.7 Å². The summed E-state index contributed by atoms with van der Waals surface area (Å²) in [7, 11) is 1.86. The van der Waals surface area contributed by atoms with E-state index in [1.807, 2.05) is 37.4 Å². The predicted molar refractivity (Wildman–Crippen MR) is 89.2 cm³/mol. The van der Waals surface area contributed by atoms with Gasteiger partial charge in [-0.1, -0.05) is 41.9 Å². The van der Waals surface area contributed by atoms with E-state index in [1.165, 1.54) is 0 Å². The van der Waals surface area contributed by atoms with Crippen molar-refractivity contribution in [2.75, 3.05) is 18.9 Å². The number of alkyl halides is 3. The van der Waals surface area contributed by atoms with Gasteiger partial charge < -0.3 is 5.32 Å². The predicted octanol–water partition coefficient (Wildman–Crippen LogP) is 4.54. The smallest absolute Gasteiger partial charge is 0.366 e. The third-order valence-electron chi connectivity index (χ3n) is 4.09. The summed E-state index contributed by atoms with van der Waals surface area (Å²) < 4.78 is 37.9. The second-order valence-electron chi connectivity index (χ2n) is 5.87. The largest absolute Gasteiger partial charge is 0.417 e. The summed E-state index contributed by atoms with van der Waals surface area (Å²) in [6.45, 7) is 0.395. The van der Waals surface area contributed by atoms with Crippen molar-refractivity contribution in [2.24, 2.45) is 0 Å². The number of hydrogen-bond acceptors (Lipinski definition) is 4. The normalized spacial score (nSPS) is 21.5. The molecule has 0 saturated carbocycles. The molecule has 8 heteroatoms. The van der Waals surface area contributed by atoms with Crippen molar-refractivity contribution in [1.29, 1.82) is 0 Å². The maximum Gasteiger partial charge on any atom is 0.417 e. The number of benzene rings is 1. The molecule has 0 unspecified atom stereocenters. The highest BCUT2D eigenvalue weighted by molar-refractivity contribution is 6.32. The van der Waals surface area contributed by atoms with E-state index >= 15 is 0 Å². The Hall–Kier alpha value is -1.83. The summed E-state index contributed by atoms with van der Waals surface area (Å²) in [5, 5.41) is 4.69. The first-order chi connectivity index (χ1) is 11.8. The quantitative estimate of drug-likeness (QED) is 0.856. The minimum Gasteiger partial charge on any atom is -0.366 e. The average molecular weight is 372 g/mol. The van der Waals surface area contributed by atoms with Crippen LogP contribution in [0.2, 0.25) is 5.02 Å². The maximum atomic E-state index is 12.6. The van der Waals surface area contributed by atoms with Crippen molar-refractivity contribution >= 4 is 17.4 Å².